The van der Waals surface area contributed by atoms with Crippen molar-refractivity contribution in [2.45, 2.75) is 59.5 Å². The number of rotatable bonds is 9. The van der Waals surface area contributed by atoms with Crippen LogP contribution in [0.2, 0.25) is 0 Å². The van der Waals surface area contributed by atoms with Crippen molar-refractivity contribution >= 4 is 0 Å². The van der Waals surface area contributed by atoms with Gasteiger partial charge in [0.05, 0.1) is 11.6 Å². The molecule has 0 N–H and O–H groups in total. The SMILES string of the molecule is N#Cc1ccc(C(F)(F)C(F)(F)C(F)(F)C(F)(F)C(F)(F)C(F)(F)C(F)(F)C(F)(F)C(F)(F)C(F)(F)F)cc1. The summed E-state index contributed by atoms with van der Waals surface area (Å²) in [5.41, 5.74) is -3.24. The number of halogens is 21. The summed E-state index contributed by atoms with van der Waals surface area (Å²) in [5, 5.41) is 8.43. The van der Waals surface area contributed by atoms with Crippen LogP contribution in [0.5, 0.6) is 0 Å². The number of hydrogen-bond donors (Lipinski definition) is 0. The minimum Gasteiger partial charge on any atom is -0.194 e. The second-order valence-electron chi connectivity index (χ2n) is 7.36. The molecule has 1 nitrogen and oxygen atoms in total. The third-order valence-electron chi connectivity index (χ3n) is 4.89. The molecular formula is C17H4F21N. The van der Waals surface area contributed by atoms with E-state index in [4.69, 9.17) is 5.26 Å². The van der Waals surface area contributed by atoms with Gasteiger partial charge in [-0.2, -0.15) is 97.5 Å². The molecule has 0 aromatic heterocycles. The molecule has 224 valence electrons. The molecule has 0 heterocycles. The van der Waals surface area contributed by atoms with E-state index in [9.17, 15) is 92.2 Å². The fourth-order valence-corrected chi connectivity index (χ4v) is 2.49. The van der Waals surface area contributed by atoms with Crippen molar-refractivity contribution in [2.75, 3.05) is 0 Å². The molecular weight excluding hydrogens is 617 g/mol. The Balaban J connectivity index is 3.82. The molecule has 0 amide bonds. The second kappa shape index (κ2) is 8.87. The largest absolute Gasteiger partial charge is 0.460 e. The van der Waals surface area contributed by atoms with Crippen LogP contribution in [0.1, 0.15) is 11.1 Å². The van der Waals surface area contributed by atoms with Gasteiger partial charge in [-0.05, 0) is 12.1 Å². The molecule has 39 heavy (non-hydrogen) atoms. The highest BCUT2D eigenvalue weighted by Crippen LogP contribution is 2.66. The Kier molecular flexibility index (Phi) is 7.80. The van der Waals surface area contributed by atoms with Crippen molar-refractivity contribution in [3.8, 4) is 6.07 Å². The second-order valence-corrected chi connectivity index (χ2v) is 7.36. The van der Waals surface area contributed by atoms with Gasteiger partial charge >= 0.3 is 59.5 Å². The first-order chi connectivity index (χ1) is 16.8. The normalized spacial score (nSPS) is 15.8. The molecule has 1 aromatic rings. The molecule has 0 unspecified atom stereocenters. The number of nitriles is 1. The Labute approximate surface area is 199 Å². The van der Waals surface area contributed by atoms with Crippen LogP contribution < -0.4 is 0 Å². The van der Waals surface area contributed by atoms with E-state index in [-0.39, 0.29) is 24.3 Å². The van der Waals surface area contributed by atoms with Crippen LogP contribution in [-0.2, 0) is 5.92 Å². The molecule has 0 spiro atoms. The molecule has 0 saturated heterocycles. The maximum absolute atomic E-state index is 14.0. The molecule has 0 fully saturated rings. The summed E-state index contributed by atoms with van der Waals surface area (Å²) in [6, 6.07) is 0.593. The van der Waals surface area contributed by atoms with Gasteiger partial charge in [0.1, 0.15) is 0 Å². The summed E-state index contributed by atoms with van der Waals surface area (Å²) in [6.07, 6.45) is -8.02. The molecule has 0 aliphatic heterocycles. The summed E-state index contributed by atoms with van der Waals surface area (Å²) in [5.74, 6) is -77.4. The minimum atomic E-state index is -9.20. The van der Waals surface area contributed by atoms with Gasteiger partial charge < -0.3 is 0 Å². The highest BCUT2D eigenvalue weighted by atomic mass is 19.4. The topological polar surface area (TPSA) is 23.8 Å². The predicted octanol–water partition coefficient (Wildman–Crippen LogP) is 8.29. The lowest BCUT2D eigenvalue weighted by Gasteiger charge is -2.44. The zero-order valence-electron chi connectivity index (χ0n) is 17.2. The average molecular weight is 621 g/mol. The van der Waals surface area contributed by atoms with E-state index in [0.717, 1.165) is 6.07 Å². The van der Waals surface area contributed by atoms with Crippen molar-refractivity contribution in [1.82, 2.24) is 0 Å². The summed E-state index contributed by atoms with van der Waals surface area (Å²) >= 11 is 0. The number of benzene rings is 1. The first-order valence-electron chi connectivity index (χ1n) is 8.76. The predicted molar refractivity (Wildman–Crippen MR) is 80.7 cm³/mol. The standard InChI is InChI=1S/C17H4F21N/c18-8(19,7-3-1-6(5-39)2-4-7)9(20,21)10(22,23)11(24,25)12(26,27)13(28,29)14(30,31)15(32,33)16(34,35)17(36,37)38/h1-4H. The van der Waals surface area contributed by atoms with Crippen molar-refractivity contribution in [2.24, 2.45) is 0 Å². The molecule has 1 aromatic carbocycles. The molecule has 0 saturated carbocycles. The van der Waals surface area contributed by atoms with E-state index < -0.39 is 70.6 Å². The maximum Gasteiger partial charge on any atom is 0.460 e. The Morgan fingerprint density at radius 3 is 0.897 bits per heavy atom. The van der Waals surface area contributed by atoms with Crippen LogP contribution in [0.15, 0.2) is 24.3 Å². The van der Waals surface area contributed by atoms with E-state index in [0.29, 0.717) is 0 Å². The van der Waals surface area contributed by atoms with Gasteiger partial charge in [0.2, 0.25) is 0 Å². The number of nitrogens with zero attached hydrogens (tertiary/aromatic N) is 1. The molecule has 0 radical (unpaired) electrons. The van der Waals surface area contributed by atoms with Gasteiger partial charge in [-0.15, -0.1) is 0 Å². The Hall–Kier alpha value is -2.76. The monoisotopic (exact) mass is 621 g/mol. The summed E-state index contributed by atoms with van der Waals surface area (Å²) in [7, 11) is 0. The van der Waals surface area contributed by atoms with Gasteiger partial charge in [0, 0.05) is 5.56 Å². The number of alkyl halides is 21. The van der Waals surface area contributed by atoms with Crippen molar-refractivity contribution in [3.05, 3.63) is 35.4 Å². The van der Waals surface area contributed by atoms with Crippen LogP contribution in [-0.4, -0.2) is 53.6 Å². The summed E-state index contributed by atoms with van der Waals surface area (Å²) < 4.78 is 280. The Bertz CT molecular complexity index is 1090. The third kappa shape index (κ3) is 4.20. The highest BCUT2D eigenvalue weighted by Gasteiger charge is 2.97. The van der Waals surface area contributed by atoms with E-state index >= 15 is 0 Å². The zero-order valence-corrected chi connectivity index (χ0v) is 17.2. The lowest BCUT2D eigenvalue weighted by Crippen LogP contribution is -2.76. The fraction of sp³-hybridized carbons (Fsp3) is 0.588. The first-order valence-corrected chi connectivity index (χ1v) is 8.76. The highest BCUT2D eigenvalue weighted by molar-refractivity contribution is 5.35. The first kappa shape index (κ1) is 34.3. The lowest BCUT2D eigenvalue weighted by atomic mass is 9.85. The smallest absolute Gasteiger partial charge is 0.194 e. The summed E-state index contributed by atoms with van der Waals surface area (Å²) in [4.78, 5) is 0. The maximum atomic E-state index is 14.0. The van der Waals surface area contributed by atoms with Gasteiger partial charge in [-0.1, -0.05) is 12.1 Å². The van der Waals surface area contributed by atoms with Crippen LogP contribution in [0.25, 0.3) is 0 Å². The van der Waals surface area contributed by atoms with Gasteiger partial charge in [-0.25, -0.2) is 0 Å². The summed E-state index contributed by atoms with van der Waals surface area (Å²) in [6.45, 7) is 0. The average Bonchev–Trinajstić information content (AvgIpc) is 2.77. The lowest BCUT2D eigenvalue weighted by molar-refractivity contribution is -0.474. The zero-order chi connectivity index (χ0) is 31.7. The quantitative estimate of drug-likeness (QED) is 0.255. The molecule has 22 heteroatoms. The molecule has 0 atom stereocenters. The fourth-order valence-electron chi connectivity index (χ4n) is 2.49. The van der Waals surface area contributed by atoms with E-state index in [1.54, 1.807) is 0 Å². The van der Waals surface area contributed by atoms with Gasteiger partial charge in [-0.3, -0.25) is 0 Å². The van der Waals surface area contributed by atoms with Crippen molar-refractivity contribution < 1.29 is 92.2 Å². The Morgan fingerprint density at radius 1 is 0.385 bits per heavy atom. The van der Waals surface area contributed by atoms with Crippen LogP contribution in [0, 0.1) is 11.3 Å². The van der Waals surface area contributed by atoms with Gasteiger partial charge in [0.15, 0.2) is 0 Å². The van der Waals surface area contributed by atoms with E-state index in [2.05, 4.69) is 0 Å². The van der Waals surface area contributed by atoms with Crippen LogP contribution >= 0.6 is 0 Å². The molecule has 1 rings (SSSR count). The van der Waals surface area contributed by atoms with E-state index in [1.807, 2.05) is 0 Å². The Morgan fingerprint density at radius 2 is 0.641 bits per heavy atom. The van der Waals surface area contributed by atoms with Crippen LogP contribution in [0.3, 0.4) is 0 Å². The van der Waals surface area contributed by atoms with Crippen LogP contribution in [0.4, 0.5) is 92.2 Å². The third-order valence-corrected chi connectivity index (χ3v) is 4.89. The van der Waals surface area contributed by atoms with E-state index in [1.165, 1.54) is 0 Å². The minimum absolute atomic E-state index is 0.113. The molecule has 0 aliphatic carbocycles. The van der Waals surface area contributed by atoms with Crippen molar-refractivity contribution in [3.63, 3.8) is 0 Å². The molecule has 0 bridgehead atoms. The van der Waals surface area contributed by atoms with Crippen molar-refractivity contribution in [1.29, 1.82) is 5.26 Å². The number of hydrogen-bond acceptors (Lipinski definition) is 1. The van der Waals surface area contributed by atoms with Gasteiger partial charge in [0.25, 0.3) is 0 Å². The molecule has 0 aliphatic rings.